The molecule has 20 heavy (non-hydrogen) atoms. The van der Waals surface area contributed by atoms with Crippen molar-refractivity contribution in [2.45, 2.75) is 19.3 Å². The molecule has 0 bridgehead atoms. The number of likely N-dealkylation sites (N-methyl/N-ethyl adjacent to an activating group) is 1. The van der Waals surface area contributed by atoms with Gasteiger partial charge in [-0.1, -0.05) is 12.1 Å². The van der Waals surface area contributed by atoms with Gasteiger partial charge in [-0.3, -0.25) is 0 Å². The molecule has 1 saturated heterocycles. The summed E-state index contributed by atoms with van der Waals surface area (Å²) in [5.74, 6) is 0. The number of hydrogen-bond donors (Lipinski definition) is 0. The van der Waals surface area contributed by atoms with Crippen molar-refractivity contribution in [3.63, 3.8) is 0 Å². The molecule has 112 valence electrons. The number of rotatable bonds is 5. The fourth-order valence-corrected chi connectivity index (χ4v) is 2.78. The molecule has 2 rings (SSSR count). The lowest BCUT2D eigenvalue weighted by atomic mass is 10.1. The summed E-state index contributed by atoms with van der Waals surface area (Å²) >= 11 is 0. The van der Waals surface area contributed by atoms with Gasteiger partial charge >= 0.3 is 0 Å². The predicted octanol–water partition coefficient (Wildman–Crippen LogP) is 2.32. The number of anilines is 1. The van der Waals surface area contributed by atoms with Crippen LogP contribution in [0.4, 0.5) is 5.69 Å². The van der Waals surface area contributed by atoms with Crippen molar-refractivity contribution < 1.29 is 0 Å². The molecule has 1 heterocycles. The van der Waals surface area contributed by atoms with Crippen LogP contribution in [-0.4, -0.2) is 63.7 Å². The van der Waals surface area contributed by atoms with E-state index in [2.05, 4.69) is 60.1 Å². The molecule has 1 fully saturated rings. The van der Waals surface area contributed by atoms with E-state index in [1.807, 2.05) is 0 Å². The van der Waals surface area contributed by atoms with Gasteiger partial charge in [-0.2, -0.15) is 0 Å². The average Bonchev–Trinajstić information content (AvgIpc) is 2.64. The summed E-state index contributed by atoms with van der Waals surface area (Å²) in [4.78, 5) is 7.20. The molecule has 3 heteroatoms. The van der Waals surface area contributed by atoms with Gasteiger partial charge in [0.2, 0.25) is 0 Å². The van der Waals surface area contributed by atoms with Gasteiger partial charge in [-0.05, 0) is 71.2 Å². The summed E-state index contributed by atoms with van der Waals surface area (Å²) < 4.78 is 0. The third-order valence-electron chi connectivity index (χ3n) is 4.09. The fraction of sp³-hybridized carbons (Fsp3) is 0.647. The van der Waals surface area contributed by atoms with E-state index in [9.17, 15) is 0 Å². The van der Waals surface area contributed by atoms with Crippen LogP contribution < -0.4 is 4.90 Å². The SMILES string of the molecule is CN(C)CCCc1ccc(N2CCCN(C)CC2)cc1. The summed E-state index contributed by atoms with van der Waals surface area (Å²) in [6, 6.07) is 9.21. The van der Waals surface area contributed by atoms with Crippen molar-refractivity contribution in [1.29, 1.82) is 0 Å². The maximum Gasteiger partial charge on any atom is 0.0366 e. The van der Waals surface area contributed by atoms with Crippen molar-refractivity contribution in [2.75, 3.05) is 58.8 Å². The summed E-state index contributed by atoms with van der Waals surface area (Å²) in [5, 5.41) is 0. The Balaban J connectivity index is 1.87. The zero-order valence-electron chi connectivity index (χ0n) is 13.3. The first-order valence-corrected chi connectivity index (χ1v) is 7.82. The molecule has 0 aromatic heterocycles. The second kappa shape index (κ2) is 7.65. The molecule has 1 aliphatic rings. The Bertz CT molecular complexity index is 386. The van der Waals surface area contributed by atoms with Crippen LogP contribution in [-0.2, 0) is 6.42 Å². The van der Waals surface area contributed by atoms with E-state index >= 15 is 0 Å². The summed E-state index contributed by atoms with van der Waals surface area (Å²) in [6.07, 6.45) is 3.68. The second-order valence-electron chi connectivity index (χ2n) is 6.22. The smallest absolute Gasteiger partial charge is 0.0366 e. The van der Waals surface area contributed by atoms with Gasteiger partial charge < -0.3 is 14.7 Å². The van der Waals surface area contributed by atoms with Crippen LogP contribution in [0.25, 0.3) is 0 Å². The predicted molar refractivity (Wildman–Crippen MR) is 87.6 cm³/mol. The van der Waals surface area contributed by atoms with Crippen LogP contribution in [0.3, 0.4) is 0 Å². The first kappa shape index (κ1) is 15.3. The quantitative estimate of drug-likeness (QED) is 0.816. The minimum Gasteiger partial charge on any atom is -0.370 e. The lowest BCUT2D eigenvalue weighted by molar-refractivity contribution is 0.360. The van der Waals surface area contributed by atoms with E-state index in [4.69, 9.17) is 0 Å². The molecule has 0 saturated carbocycles. The molecular formula is C17H29N3. The molecule has 0 atom stereocenters. The van der Waals surface area contributed by atoms with Crippen LogP contribution in [0.5, 0.6) is 0 Å². The van der Waals surface area contributed by atoms with E-state index in [0.29, 0.717) is 0 Å². The molecule has 1 aromatic rings. The lowest BCUT2D eigenvalue weighted by Crippen LogP contribution is -2.28. The Morgan fingerprint density at radius 1 is 1.00 bits per heavy atom. The molecule has 0 spiro atoms. The van der Waals surface area contributed by atoms with Gasteiger partial charge in [0.25, 0.3) is 0 Å². The summed E-state index contributed by atoms with van der Waals surface area (Å²) in [6.45, 7) is 5.89. The van der Waals surface area contributed by atoms with E-state index in [1.54, 1.807) is 0 Å². The normalized spacial score (nSPS) is 17.5. The molecule has 1 aliphatic heterocycles. The summed E-state index contributed by atoms with van der Waals surface area (Å²) in [5.41, 5.74) is 2.85. The van der Waals surface area contributed by atoms with Gasteiger partial charge in [0.1, 0.15) is 0 Å². The van der Waals surface area contributed by atoms with E-state index in [-0.39, 0.29) is 0 Å². The Kier molecular flexibility index (Phi) is 5.86. The fourth-order valence-electron chi connectivity index (χ4n) is 2.78. The van der Waals surface area contributed by atoms with Crippen molar-refractivity contribution in [1.82, 2.24) is 9.80 Å². The molecular weight excluding hydrogens is 246 g/mol. The Morgan fingerprint density at radius 3 is 2.45 bits per heavy atom. The minimum absolute atomic E-state index is 1.15. The molecule has 0 unspecified atom stereocenters. The van der Waals surface area contributed by atoms with Crippen LogP contribution in [0, 0.1) is 0 Å². The minimum atomic E-state index is 1.15. The zero-order valence-corrected chi connectivity index (χ0v) is 13.3. The Hall–Kier alpha value is -1.06. The first-order chi connectivity index (χ1) is 9.65. The van der Waals surface area contributed by atoms with E-state index in [0.717, 1.165) is 6.54 Å². The van der Waals surface area contributed by atoms with Gasteiger partial charge in [0.05, 0.1) is 0 Å². The Labute approximate surface area is 124 Å². The largest absolute Gasteiger partial charge is 0.370 e. The first-order valence-electron chi connectivity index (χ1n) is 7.82. The van der Waals surface area contributed by atoms with Crippen LogP contribution in [0.2, 0.25) is 0 Å². The highest BCUT2D eigenvalue weighted by Crippen LogP contribution is 2.18. The van der Waals surface area contributed by atoms with Gasteiger partial charge in [0, 0.05) is 25.3 Å². The number of nitrogens with zero attached hydrogens (tertiary/aromatic N) is 3. The monoisotopic (exact) mass is 275 g/mol. The molecule has 1 aromatic carbocycles. The van der Waals surface area contributed by atoms with Crippen molar-refractivity contribution >= 4 is 5.69 Å². The number of benzene rings is 1. The number of aryl methyl sites for hydroxylation is 1. The highest BCUT2D eigenvalue weighted by molar-refractivity contribution is 5.47. The van der Waals surface area contributed by atoms with Gasteiger partial charge in [-0.25, -0.2) is 0 Å². The lowest BCUT2D eigenvalue weighted by Gasteiger charge is -2.23. The third-order valence-corrected chi connectivity index (χ3v) is 4.09. The van der Waals surface area contributed by atoms with Gasteiger partial charge in [0.15, 0.2) is 0 Å². The second-order valence-corrected chi connectivity index (χ2v) is 6.22. The van der Waals surface area contributed by atoms with E-state index in [1.165, 1.54) is 56.7 Å². The maximum absolute atomic E-state index is 2.52. The molecule has 3 nitrogen and oxygen atoms in total. The average molecular weight is 275 g/mol. The number of hydrogen-bond acceptors (Lipinski definition) is 3. The van der Waals surface area contributed by atoms with Crippen molar-refractivity contribution in [3.8, 4) is 0 Å². The molecule has 0 amide bonds. The summed E-state index contributed by atoms with van der Waals surface area (Å²) in [7, 11) is 6.50. The zero-order chi connectivity index (χ0) is 14.4. The topological polar surface area (TPSA) is 9.72 Å². The standard InChI is InChI=1S/C17H29N3/c1-18(2)11-4-6-16-7-9-17(10-8-16)20-13-5-12-19(3)14-15-20/h7-10H,4-6,11-15H2,1-3H3. The van der Waals surface area contributed by atoms with Crippen LogP contribution in [0.1, 0.15) is 18.4 Å². The highest BCUT2D eigenvalue weighted by atomic mass is 15.2. The molecule has 0 aliphatic carbocycles. The van der Waals surface area contributed by atoms with E-state index < -0.39 is 0 Å². The van der Waals surface area contributed by atoms with Crippen LogP contribution >= 0.6 is 0 Å². The van der Waals surface area contributed by atoms with Gasteiger partial charge in [-0.15, -0.1) is 0 Å². The third kappa shape index (κ3) is 4.80. The Morgan fingerprint density at radius 2 is 1.75 bits per heavy atom. The maximum atomic E-state index is 2.52. The highest BCUT2D eigenvalue weighted by Gasteiger charge is 2.12. The molecule has 0 N–H and O–H groups in total. The van der Waals surface area contributed by atoms with Crippen LogP contribution in [0.15, 0.2) is 24.3 Å². The van der Waals surface area contributed by atoms with Crippen molar-refractivity contribution in [3.05, 3.63) is 29.8 Å². The molecule has 0 radical (unpaired) electrons. The van der Waals surface area contributed by atoms with Crippen molar-refractivity contribution in [2.24, 2.45) is 0 Å².